The molecule has 3 nitrogen and oxygen atoms in total. The maximum Gasteiger partial charge on any atom is 0.335 e. The van der Waals surface area contributed by atoms with Gasteiger partial charge in [-0.25, -0.2) is 4.79 Å². The van der Waals surface area contributed by atoms with Crippen molar-refractivity contribution in [2.45, 2.75) is 33.0 Å². The van der Waals surface area contributed by atoms with Gasteiger partial charge in [-0.3, -0.25) is 0 Å². The van der Waals surface area contributed by atoms with Crippen LogP contribution < -0.4 is 0 Å². The van der Waals surface area contributed by atoms with Gasteiger partial charge in [-0.05, 0) is 6.92 Å². The van der Waals surface area contributed by atoms with E-state index in [9.17, 15) is 4.79 Å². The average molecular weight is 184 g/mol. The summed E-state index contributed by atoms with van der Waals surface area (Å²) in [7, 11) is 0. The second-order valence-corrected chi connectivity index (χ2v) is 3.55. The topological polar surface area (TPSA) is 35.5 Å². The van der Waals surface area contributed by atoms with Gasteiger partial charge in [0.25, 0.3) is 0 Å². The van der Waals surface area contributed by atoms with Crippen LogP contribution in [0, 0.1) is 5.92 Å². The number of carbonyl (C=O) groups is 1. The SMILES string of the molecule is C=C(C)C(=O)OC1(CC)OCC1C. The van der Waals surface area contributed by atoms with Crippen molar-refractivity contribution in [3.05, 3.63) is 12.2 Å². The number of carbonyl (C=O) groups excluding carboxylic acids is 1. The summed E-state index contributed by atoms with van der Waals surface area (Å²) >= 11 is 0. The fourth-order valence-electron chi connectivity index (χ4n) is 1.33. The van der Waals surface area contributed by atoms with E-state index in [2.05, 4.69) is 6.58 Å². The Bertz CT molecular complexity index is 230. The Hall–Kier alpha value is -0.830. The molecule has 0 aliphatic carbocycles. The summed E-state index contributed by atoms with van der Waals surface area (Å²) in [6.07, 6.45) is 0.688. The molecule has 0 aromatic carbocycles. The van der Waals surface area contributed by atoms with Gasteiger partial charge in [-0.2, -0.15) is 0 Å². The summed E-state index contributed by atoms with van der Waals surface area (Å²) in [6, 6.07) is 0. The molecule has 0 aromatic heterocycles. The minimum Gasteiger partial charge on any atom is -0.429 e. The highest BCUT2D eigenvalue weighted by atomic mass is 16.7. The third kappa shape index (κ3) is 1.75. The van der Waals surface area contributed by atoms with Crippen molar-refractivity contribution in [3.8, 4) is 0 Å². The van der Waals surface area contributed by atoms with Crippen molar-refractivity contribution in [2.24, 2.45) is 5.92 Å². The first-order chi connectivity index (χ1) is 6.02. The summed E-state index contributed by atoms with van der Waals surface area (Å²) < 4.78 is 10.6. The fraction of sp³-hybridized carbons (Fsp3) is 0.700. The summed E-state index contributed by atoms with van der Waals surface area (Å²) in [5.74, 6) is -0.773. The maximum absolute atomic E-state index is 11.3. The molecule has 0 spiro atoms. The Balaban J connectivity index is 2.60. The lowest BCUT2D eigenvalue weighted by molar-refractivity contribution is -0.326. The highest BCUT2D eigenvalue weighted by Gasteiger charge is 2.48. The second kappa shape index (κ2) is 3.50. The normalized spacial score (nSPS) is 32.1. The third-order valence-electron chi connectivity index (χ3n) is 2.44. The Morgan fingerprint density at radius 1 is 1.77 bits per heavy atom. The molecule has 13 heavy (non-hydrogen) atoms. The molecule has 0 N–H and O–H groups in total. The van der Waals surface area contributed by atoms with E-state index in [1.807, 2.05) is 13.8 Å². The predicted octanol–water partition coefficient (Wildman–Crippen LogP) is 1.88. The molecule has 1 saturated heterocycles. The minimum atomic E-state index is -0.684. The van der Waals surface area contributed by atoms with Crippen molar-refractivity contribution in [1.29, 1.82) is 0 Å². The first-order valence-corrected chi connectivity index (χ1v) is 4.54. The minimum absolute atomic E-state index is 0.279. The number of hydrogen-bond acceptors (Lipinski definition) is 3. The molecule has 1 heterocycles. The Kier molecular flexibility index (Phi) is 2.76. The molecule has 1 aliphatic heterocycles. The van der Waals surface area contributed by atoms with Gasteiger partial charge in [0.1, 0.15) is 0 Å². The van der Waals surface area contributed by atoms with Crippen molar-refractivity contribution in [3.63, 3.8) is 0 Å². The molecular weight excluding hydrogens is 168 g/mol. The van der Waals surface area contributed by atoms with Crippen molar-refractivity contribution < 1.29 is 14.3 Å². The zero-order chi connectivity index (χ0) is 10.1. The van der Waals surface area contributed by atoms with Crippen LogP contribution in [-0.2, 0) is 14.3 Å². The third-order valence-corrected chi connectivity index (χ3v) is 2.44. The molecule has 1 rings (SSSR count). The zero-order valence-corrected chi connectivity index (χ0v) is 8.42. The zero-order valence-electron chi connectivity index (χ0n) is 8.42. The largest absolute Gasteiger partial charge is 0.429 e. The van der Waals surface area contributed by atoms with Crippen LogP contribution in [0.25, 0.3) is 0 Å². The second-order valence-electron chi connectivity index (χ2n) is 3.55. The van der Waals surface area contributed by atoms with E-state index in [4.69, 9.17) is 9.47 Å². The van der Waals surface area contributed by atoms with Crippen LogP contribution in [0.1, 0.15) is 27.2 Å². The summed E-state index contributed by atoms with van der Waals surface area (Å²) in [4.78, 5) is 11.3. The first-order valence-electron chi connectivity index (χ1n) is 4.54. The van der Waals surface area contributed by atoms with Crippen LogP contribution in [-0.4, -0.2) is 18.4 Å². The molecule has 0 saturated carbocycles. The van der Waals surface area contributed by atoms with Gasteiger partial charge in [0.05, 0.1) is 6.61 Å². The van der Waals surface area contributed by atoms with Crippen LogP contribution in [0.15, 0.2) is 12.2 Å². The average Bonchev–Trinajstić information content (AvgIpc) is 2.10. The van der Waals surface area contributed by atoms with Crippen LogP contribution >= 0.6 is 0 Å². The number of hydrogen-bond donors (Lipinski definition) is 0. The maximum atomic E-state index is 11.3. The lowest BCUT2D eigenvalue weighted by Gasteiger charge is -2.45. The van der Waals surface area contributed by atoms with E-state index in [0.717, 1.165) is 0 Å². The highest BCUT2D eigenvalue weighted by Crippen LogP contribution is 2.37. The molecule has 1 fully saturated rings. The van der Waals surface area contributed by atoms with Crippen molar-refractivity contribution in [1.82, 2.24) is 0 Å². The molecule has 74 valence electrons. The molecule has 1 aliphatic rings. The van der Waals surface area contributed by atoms with Crippen LogP contribution in [0.2, 0.25) is 0 Å². The van der Waals surface area contributed by atoms with Gasteiger partial charge in [0.15, 0.2) is 0 Å². The Labute approximate surface area is 78.7 Å². The van der Waals surface area contributed by atoms with E-state index in [1.165, 1.54) is 0 Å². The van der Waals surface area contributed by atoms with E-state index in [-0.39, 0.29) is 11.9 Å². The first kappa shape index (κ1) is 10.3. The monoisotopic (exact) mass is 184 g/mol. The van der Waals surface area contributed by atoms with Gasteiger partial charge in [-0.1, -0.05) is 20.4 Å². The lowest BCUT2D eigenvalue weighted by Crippen LogP contribution is -2.54. The summed E-state index contributed by atoms with van der Waals surface area (Å²) in [5, 5.41) is 0. The molecular formula is C10H16O3. The molecule has 3 heteroatoms. The smallest absolute Gasteiger partial charge is 0.335 e. The summed E-state index contributed by atoms with van der Waals surface area (Å²) in [6.45, 7) is 9.78. The van der Waals surface area contributed by atoms with E-state index in [0.29, 0.717) is 18.6 Å². The van der Waals surface area contributed by atoms with E-state index < -0.39 is 5.79 Å². The van der Waals surface area contributed by atoms with E-state index >= 15 is 0 Å². The van der Waals surface area contributed by atoms with Crippen molar-refractivity contribution in [2.75, 3.05) is 6.61 Å². The van der Waals surface area contributed by atoms with Gasteiger partial charge in [0.2, 0.25) is 5.79 Å². The fourth-order valence-corrected chi connectivity index (χ4v) is 1.33. The van der Waals surface area contributed by atoms with Crippen LogP contribution in [0.5, 0.6) is 0 Å². The lowest BCUT2D eigenvalue weighted by atomic mass is 9.93. The van der Waals surface area contributed by atoms with Crippen molar-refractivity contribution >= 4 is 5.97 Å². The quantitative estimate of drug-likeness (QED) is 0.496. The molecule has 0 radical (unpaired) electrons. The summed E-state index contributed by atoms with van der Waals surface area (Å²) in [5.41, 5.74) is 0.413. The number of esters is 1. The van der Waals surface area contributed by atoms with Crippen LogP contribution in [0.4, 0.5) is 0 Å². The van der Waals surface area contributed by atoms with E-state index in [1.54, 1.807) is 6.92 Å². The van der Waals surface area contributed by atoms with Gasteiger partial charge >= 0.3 is 5.97 Å². The van der Waals surface area contributed by atoms with Crippen LogP contribution in [0.3, 0.4) is 0 Å². The number of rotatable bonds is 3. The van der Waals surface area contributed by atoms with Gasteiger partial charge < -0.3 is 9.47 Å². The molecule has 2 atom stereocenters. The number of ether oxygens (including phenoxy) is 2. The van der Waals surface area contributed by atoms with Gasteiger partial charge in [0, 0.05) is 17.9 Å². The molecule has 0 amide bonds. The Morgan fingerprint density at radius 3 is 2.62 bits per heavy atom. The molecule has 2 unspecified atom stereocenters. The molecule has 0 bridgehead atoms. The predicted molar refractivity (Wildman–Crippen MR) is 49.0 cm³/mol. The standard InChI is InChI=1S/C10H16O3/c1-5-10(8(4)6-12-10)13-9(11)7(2)3/h8H,2,5-6H2,1,3-4H3. The Morgan fingerprint density at radius 2 is 2.38 bits per heavy atom. The van der Waals surface area contributed by atoms with Gasteiger partial charge in [-0.15, -0.1) is 0 Å². The highest BCUT2D eigenvalue weighted by molar-refractivity contribution is 5.87. The molecule has 0 aromatic rings.